The van der Waals surface area contributed by atoms with E-state index in [1.807, 2.05) is 73.7 Å². The normalized spacial score (nSPS) is 13.9. The number of amides is 2. The number of hydrogen-bond donors (Lipinski definition) is 1. The molecule has 5 heteroatoms. The van der Waals surface area contributed by atoms with E-state index in [4.69, 9.17) is 0 Å². The maximum Gasteiger partial charge on any atom is 0.282 e. The summed E-state index contributed by atoms with van der Waals surface area (Å²) in [6, 6.07) is 26.4. The lowest BCUT2D eigenvalue weighted by molar-refractivity contribution is -0.120. The van der Waals surface area contributed by atoms with Crippen molar-refractivity contribution in [3.05, 3.63) is 114 Å². The standard InChI is InChI=1S/C27H19FN2O2/c1-17-9-11-19(12-10-17)24-25(29-23-8-4-6-18-5-2-3-7-22(18)23)27(32)30(26(24)31)21-15-13-20(28)14-16-21/h2-16,29H,1H3. The van der Waals surface area contributed by atoms with Crippen LogP contribution in [0.1, 0.15) is 11.1 Å². The number of anilines is 2. The Labute approximate surface area is 184 Å². The third-order valence-corrected chi connectivity index (χ3v) is 5.56. The lowest BCUT2D eigenvalue weighted by atomic mass is 10.0. The highest BCUT2D eigenvalue weighted by atomic mass is 19.1. The summed E-state index contributed by atoms with van der Waals surface area (Å²) in [7, 11) is 0. The number of benzene rings is 4. The Morgan fingerprint density at radius 1 is 0.750 bits per heavy atom. The van der Waals surface area contributed by atoms with Gasteiger partial charge in [0, 0.05) is 11.1 Å². The lowest BCUT2D eigenvalue weighted by Gasteiger charge is -2.15. The first-order valence-corrected chi connectivity index (χ1v) is 10.2. The summed E-state index contributed by atoms with van der Waals surface area (Å²) in [5.41, 5.74) is 3.21. The summed E-state index contributed by atoms with van der Waals surface area (Å²) in [4.78, 5) is 28.0. The van der Waals surface area contributed by atoms with E-state index in [1.54, 1.807) is 0 Å². The van der Waals surface area contributed by atoms with Gasteiger partial charge in [0.2, 0.25) is 0 Å². The average Bonchev–Trinajstić information content (AvgIpc) is 3.05. The minimum atomic E-state index is -0.481. The van der Waals surface area contributed by atoms with E-state index in [1.165, 1.54) is 24.3 Å². The smallest absolute Gasteiger partial charge is 0.282 e. The highest BCUT2D eigenvalue weighted by Gasteiger charge is 2.40. The van der Waals surface area contributed by atoms with Crippen molar-refractivity contribution in [1.29, 1.82) is 0 Å². The summed E-state index contributed by atoms with van der Waals surface area (Å²) < 4.78 is 13.4. The van der Waals surface area contributed by atoms with Crippen molar-refractivity contribution in [3.8, 4) is 0 Å². The minimum absolute atomic E-state index is 0.194. The topological polar surface area (TPSA) is 49.4 Å². The maximum atomic E-state index is 13.5. The summed E-state index contributed by atoms with van der Waals surface area (Å²) in [5.74, 6) is -1.37. The Hall–Kier alpha value is -4.25. The van der Waals surface area contributed by atoms with Gasteiger partial charge in [0.1, 0.15) is 11.5 Å². The molecule has 4 aromatic rings. The molecule has 0 spiro atoms. The van der Waals surface area contributed by atoms with Crippen LogP contribution in [0.2, 0.25) is 0 Å². The first kappa shape index (κ1) is 19.7. The molecule has 1 heterocycles. The molecule has 0 fully saturated rings. The van der Waals surface area contributed by atoms with Crippen LogP contribution in [0.25, 0.3) is 16.3 Å². The number of halogens is 1. The second-order valence-electron chi connectivity index (χ2n) is 7.69. The summed E-state index contributed by atoms with van der Waals surface area (Å²) >= 11 is 0. The predicted molar refractivity (Wildman–Crippen MR) is 125 cm³/mol. The molecule has 0 unspecified atom stereocenters. The Balaban J connectivity index is 1.65. The number of aryl methyl sites for hydroxylation is 1. The van der Waals surface area contributed by atoms with Gasteiger partial charge >= 0.3 is 0 Å². The van der Waals surface area contributed by atoms with E-state index >= 15 is 0 Å². The molecule has 4 nitrogen and oxygen atoms in total. The molecule has 0 saturated carbocycles. The van der Waals surface area contributed by atoms with Gasteiger partial charge < -0.3 is 5.32 Å². The van der Waals surface area contributed by atoms with Crippen LogP contribution in [0.5, 0.6) is 0 Å². The van der Waals surface area contributed by atoms with Gasteiger partial charge in [-0.3, -0.25) is 9.59 Å². The molecule has 4 aromatic carbocycles. The van der Waals surface area contributed by atoms with Crippen LogP contribution in [0.15, 0.2) is 96.7 Å². The Morgan fingerprint density at radius 3 is 2.19 bits per heavy atom. The van der Waals surface area contributed by atoms with Gasteiger partial charge in [-0.25, -0.2) is 9.29 Å². The third-order valence-electron chi connectivity index (χ3n) is 5.56. The average molecular weight is 422 g/mol. The molecule has 5 rings (SSSR count). The first-order chi connectivity index (χ1) is 15.5. The quantitative estimate of drug-likeness (QED) is 0.430. The second-order valence-corrected chi connectivity index (χ2v) is 7.69. The Bertz CT molecular complexity index is 1380. The van der Waals surface area contributed by atoms with Crippen molar-refractivity contribution in [2.45, 2.75) is 6.92 Å². The van der Waals surface area contributed by atoms with Gasteiger partial charge in [0.15, 0.2) is 0 Å². The molecule has 0 aromatic heterocycles. The zero-order chi connectivity index (χ0) is 22.2. The van der Waals surface area contributed by atoms with Crippen molar-refractivity contribution < 1.29 is 14.0 Å². The van der Waals surface area contributed by atoms with E-state index < -0.39 is 17.6 Å². The molecule has 0 atom stereocenters. The van der Waals surface area contributed by atoms with Gasteiger partial charge in [-0.2, -0.15) is 0 Å². The van der Waals surface area contributed by atoms with Crippen LogP contribution in [0.4, 0.5) is 15.8 Å². The van der Waals surface area contributed by atoms with E-state index in [2.05, 4.69) is 5.32 Å². The summed E-state index contributed by atoms with van der Waals surface area (Å²) in [6.45, 7) is 1.96. The van der Waals surface area contributed by atoms with Gasteiger partial charge in [-0.15, -0.1) is 0 Å². The molecule has 0 saturated heterocycles. The molecule has 32 heavy (non-hydrogen) atoms. The minimum Gasteiger partial charge on any atom is -0.350 e. The molecule has 2 amide bonds. The van der Waals surface area contributed by atoms with Crippen molar-refractivity contribution >= 4 is 39.5 Å². The Kier molecular flexibility index (Phi) is 4.79. The van der Waals surface area contributed by atoms with Gasteiger partial charge in [-0.05, 0) is 48.2 Å². The molecule has 156 valence electrons. The molecule has 1 aliphatic heterocycles. The number of rotatable bonds is 4. The van der Waals surface area contributed by atoms with Crippen molar-refractivity contribution in [3.63, 3.8) is 0 Å². The first-order valence-electron chi connectivity index (χ1n) is 10.2. The number of nitrogens with one attached hydrogen (secondary N) is 1. The van der Waals surface area contributed by atoms with Crippen LogP contribution in [-0.4, -0.2) is 11.8 Å². The number of nitrogens with zero attached hydrogens (tertiary/aromatic N) is 1. The number of fused-ring (bicyclic) bond motifs is 1. The highest BCUT2D eigenvalue weighted by Crippen LogP contribution is 2.35. The molecule has 0 bridgehead atoms. The zero-order valence-electron chi connectivity index (χ0n) is 17.3. The fraction of sp³-hybridized carbons (Fsp3) is 0.0370. The van der Waals surface area contributed by atoms with Crippen molar-refractivity contribution in [2.75, 3.05) is 10.2 Å². The van der Waals surface area contributed by atoms with Crippen LogP contribution in [-0.2, 0) is 9.59 Å². The predicted octanol–water partition coefficient (Wildman–Crippen LogP) is 5.68. The fourth-order valence-electron chi connectivity index (χ4n) is 3.93. The highest BCUT2D eigenvalue weighted by molar-refractivity contribution is 6.46. The molecular weight excluding hydrogens is 403 g/mol. The molecular formula is C27H19FN2O2. The summed E-state index contributed by atoms with van der Waals surface area (Å²) in [6.07, 6.45) is 0. The molecule has 0 radical (unpaired) electrons. The fourth-order valence-corrected chi connectivity index (χ4v) is 3.93. The molecule has 1 N–H and O–H groups in total. The van der Waals surface area contributed by atoms with Gasteiger partial charge in [-0.1, -0.05) is 66.2 Å². The number of imide groups is 1. The number of hydrogen-bond acceptors (Lipinski definition) is 3. The zero-order valence-corrected chi connectivity index (χ0v) is 17.3. The largest absolute Gasteiger partial charge is 0.350 e. The van der Waals surface area contributed by atoms with Crippen molar-refractivity contribution in [1.82, 2.24) is 0 Å². The second kappa shape index (κ2) is 7.78. The molecule has 0 aliphatic carbocycles. The number of carbonyl (C=O) groups is 2. The SMILES string of the molecule is Cc1ccc(C2=C(Nc3cccc4ccccc34)C(=O)N(c3ccc(F)cc3)C2=O)cc1. The van der Waals surface area contributed by atoms with Crippen molar-refractivity contribution in [2.24, 2.45) is 0 Å². The maximum absolute atomic E-state index is 13.5. The van der Waals surface area contributed by atoms with Crippen LogP contribution >= 0.6 is 0 Å². The summed E-state index contributed by atoms with van der Waals surface area (Å²) in [5, 5.41) is 5.18. The van der Waals surface area contributed by atoms with E-state index in [-0.39, 0.29) is 11.3 Å². The van der Waals surface area contributed by atoms with E-state index in [0.717, 1.165) is 26.9 Å². The Morgan fingerprint density at radius 2 is 1.44 bits per heavy atom. The van der Waals surface area contributed by atoms with Gasteiger partial charge in [0.05, 0.1) is 11.3 Å². The third kappa shape index (κ3) is 3.34. The van der Waals surface area contributed by atoms with Crippen LogP contribution < -0.4 is 10.2 Å². The lowest BCUT2D eigenvalue weighted by Crippen LogP contribution is -2.32. The van der Waals surface area contributed by atoms with Gasteiger partial charge in [0.25, 0.3) is 11.8 Å². The van der Waals surface area contributed by atoms with Crippen LogP contribution in [0, 0.1) is 12.7 Å². The van der Waals surface area contributed by atoms with E-state index in [0.29, 0.717) is 11.3 Å². The number of carbonyl (C=O) groups excluding carboxylic acids is 2. The van der Waals surface area contributed by atoms with Crippen LogP contribution in [0.3, 0.4) is 0 Å². The van der Waals surface area contributed by atoms with E-state index in [9.17, 15) is 14.0 Å². The monoisotopic (exact) mass is 422 g/mol. The molecule has 1 aliphatic rings.